The van der Waals surface area contributed by atoms with E-state index in [0.717, 1.165) is 17.0 Å². The molecule has 7 heteroatoms. The lowest BCUT2D eigenvalue weighted by molar-refractivity contribution is -0.122. The molecule has 2 aromatic carbocycles. The molecular formula is C22H23N3O4. The molecular weight excluding hydrogens is 370 g/mol. The van der Waals surface area contributed by atoms with Crippen LogP contribution in [0.1, 0.15) is 13.8 Å². The standard InChI is InChI=1S/C22H23N3O4/c1-4-28-21-14-13-20(24-25-21)16-5-7-17(8-6-16)23-22(26)15(2)29-19-11-9-18(27-3)10-12-19/h5-15H,4H2,1-3H3,(H,23,26). The van der Waals surface area contributed by atoms with Gasteiger partial charge in [-0.3, -0.25) is 4.79 Å². The van der Waals surface area contributed by atoms with Gasteiger partial charge in [-0.25, -0.2) is 0 Å². The second kappa shape index (κ2) is 9.54. The molecule has 1 atom stereocenters. The predicted octanol–water partition coefficient (Wildman–Crippen LogP) is 3.96. The zero-order valence-electron chi connectivity index (χ0n) is 16.6. The molecule has 0 aliphatic heterocycles. The van der Waals surface area contributed by atoms with Crippen LogP contribution in [0.15, 0.2) is 60.7 Å². The van der Waals surface area contributed by atoms with Gasteiger partial charge in [0.1, 0.15) is 11.5 Å². The lowest BCUT2D eigenvalue weighted by Crippen LogP contribution is -2.30. The van der Waals surface area contributed by atoms with Crippen molar-refractivity contribution in [2.24, 2.45) is 0 Å². The Balaban J connectivity index is 1.58. The molecule has 3 rings (SSSR count). The topological polar surface area (TPSA) is 82.6 Å². The number of carbonyl (C=O) groups is 1. The van der Waals surface area contributed by atoms with E-state index in [0.29, 0.717) is 23.9 Å². The Bertz CT molecular complexity index is 926. The van der Waals surface area contributed by atoms with Gasteiger partial charge in [0.15, 0.2) is 6.10 Å². The summed E-state index contributed by atoms with van der Waals surface area (Å²) < 4.78 is 16.1. The molecule has 0 saturated heterocycles. The number of carbonyl (C=O) groups excluding carboxylic acids is 1. The number of nitrogens with zero attached hydrogens (tertiary/aromatic N) is 2. The van der Waals surface area contributed by atoms with E-state index in [-0.39, 0.29) is 5.91 Å². The monoisotopic (exact) mass is 393 g/mol. The highest BCUT2D eigenvalue weighted by atomic mass is 16.5. The first kappa shape index (κ1) is 20.1. The first-order valence-corrected chi connectivity index (χ1v) is 9.27. The third-order valence-electron chi connectivity index (χ3n) is 4.12. The first-order chi connectivity index (χ1) is 14.1. The van der Waals surface area contributed by atoms with Crippen molar-refractivity contribution < 1.29 is 19.0 Å². The fraction of sp³-hybridized carbons (Fsp3) is 0.227. The number of aromatic nitrogens is 2. The quantitative estimate of drug-likeness (QED) is 0.624. The average Bonchev–Trinajstić information content (AvgIpc) is 2.75. The van der Waals surface area contributed by atoms with Crippen LogP contribution in [0.2, 0.25) is 0 Å². The zero-order valence-corrected chi connectivity index (χ0v) is 16.6. The number of benzene rings is 2. The van der Waals surface area contributed by atoms with Crippen molar-refractivity contribution >= 4 is 11.6 Å². The van der Waals surface area contributed by atoms with Gasteiger partial charge in [-0.05, 0) is 56.3 Å². The molecule has 1 N–H and O–H groups in total. The predicted molar refractivity (Wildman–Crippen MR) is 110 cm³/mol. The number of amides is 1. The van der Waals surface area contributed by atoms with E-state index in [9.17, 15) is 4.79 Å². The zero-order chi connectivity index (χ0) is 20.6. The molecule has 7 nitrogen and oxygen atoms in total. The molecule has 29 heavy (non-hydrogen) atoms. The van der Waals surface area contributed by atoms with Gasteiger partial charge in [0, 0.05) is 17.3 Å². The second-order valence-corrected chi connectivity index (χ2v) is 6.19. The van der Waals surface area contributed by atoms with Crippen molar-refractivity contribution in [3.63, 3.8) is 0 Å². The van der Waals surface area contributed by atoms with Crippen LogP contribution >= 0.6 is 0 Å². The van der Waals surface area contributed by atoms with E-state index in [1.165, 1.54) is 0 Å². The molecule has 1 heterocycles. The van der Waals surface area contributed by atoms with Crippen LogP contribution in [0, 0.1) is 0 Å². The van der Waals surface area contributed by atoms with Crippen LogP contribution in [-0.4, -0.2) is 35.9 Å². The van der Waals surface area contributed by atoms with E-state index in [1.807, 2.05) is 37.3 Å². The summed E-state index contributed by atoms with van der Waals surface area (Å²) >= 11 is 0. The molecule has 1 amide bonds. The molecule has 0 aliphatic carbocycles. The van der Waals surface area contributed by atoms with Crippen molar-refractivity contribution in [3.8, 4) is 28.6 Å². The Kier molecular flexibility index (Phi) is 6.63. The minimum Gasteiger partial charge on any atom is -0.497 e. The van der Waals surface area contributed by atoms with Crippen LogP contribution < -0.4 is 19.5 Å². The minimum atomic E-state index is -0.653. The highest BCUT2D eigenvalue weighted by molar-refractivity contribution is 5.94. The summed E-state index contributed by atoms with van der Waals surface area (Å²) in [5, 5.41) is 11.0. The van der Waals surface area contributed by atoms with Crippen LogP contribution in [0.25, 0.3) is 11.3 Å². The molecule has 1 aromatic heterocycles. The van der Waals surface area contributed by atoms with Crippen LogP contribution in [0.5, 0.6) is 17.4 Å². The van der Waals surface area contributed by atoms with Gasteiger partial charge >= 0.3 is 0 Å². The molecule has 0 saturated carbocycles. The van der Waals surface area contributed by atoms with E-state index in [4.69, 9.17) is 14.2 Å². The third kappa shape index (κ3) is 5.44. The van der Waals surface area contributed by atoms with Crippen molar-refractivity contribution in [1.82, 2.24) is 10.2 Å². The number of hydrogen-bond donors (Lipinski definition) is 1. The summed E-state index contributed by atoms with van der Waals surface area (Å²) in [6.45, 7) is 4.14. The Labute approximate surface area is 169 Å². The number of ether oxygens (including phenoxy) is 3. The smallest absolute Gasteiger partial charge is 0.265 e. The molecule has 1 unspecified atom stereocenters. The lowest BCUT2D eigenvalue weighted by atomic mass is 10.1. The first-order valence-electron chi connectivity index (χ1n) is 9.27. The van der Waals surface area contributed by atoms with Crippen molar-refractivity contribution in [2.45, 2.75) is 20.0 Å². The third-order valence-corrected chi connectivity index (χ3v) is 4.12. The van der Waals surface area contributed by atoms with Gasteiger partial charge in [-0.1, -0.05) is 12.1 Å². The Hall–Kier alpha value is -3.61. The molecule has 0 radical (unpaired) electrons. The lowest BCUT2D eigenvalue weighted by Gasteiger charge is -2.15. The summed E-state index contributed by atoms with van der Waals surface area (Å²) in [6.07, 6.45) is -0.653. The summed E-state index contributed by atoms with van der Waals surface area (Å²) in [7, 11) is 1.60. The Morgan fingerprint density at radius 3 is 2.24 bits per heavy atom. The molecule has 150 valence electrons. The maximum absolute atomic E-state index is 12.4. The number of rotatable bonds is 8. The van der Waals surface area contributed by atoms with Crippen LogP contribution in [-0.2, 0) is 4.79 Å². The second-order valence-electron chi connectivity index (χ2n) is 6.19. The summed E-state index contributed by atoms with van der Waals surface area (Å²) in [5.74, 6) is 1.57. The van der Waals surface area contributed by atoms with Crippen molar-refractivity contribution in [3.05, 3.63) is 60.7 Å². The van der Waals surface area contributed by atoms with Gasteiger partial charge in [0.25, 0.3) is 5.91 Å². The Morgan fingerprint density at radius 1 is 0.966 bits per heavy atom. The largest absolute Gasteiger partial charge is 0.497 e. The van der Waals surface area contributed by atoms with Gasteiger partial charge in [0.2, 0.25) is 5.88 Å². The van der Waals surface area contributed by atoms with E-state index < -0.39 is 6.10 Å². The van der Waals surface area contributed by atoms with E-state index in [1.54, 1.807) is 44.4 Å². The highest BCUT2D eigenvalue weighted by Crippen LogP contribution is 2.21. The van der Waals surface area contributed by atoms with Crippen molar-refractivity contribution in [2.75, 3.05) is 19.0 Å². The molecule has 0 bridgehead atoms. The summed E-state index contributed by atoms with van der Waals surface area (Å²) in [6, 6.07) is 18.1. The number of anilines is 1. The fourth-order valence-corrected chi connectivity index (χ4v) is 2.58. The van der Waals surface area contributed by atoms with Gasteiger partial charge in [-0.15, -0.1) is 10.2 Å². The number of hydrogen-bond acceptors (Lipinski definition) is 6. The molecule has 0 aliphatic rings. The SMILES string of the molecule is CCOc1ccc(-c2ccc(NC(=O)C(C)Oc3ccc(OC)cc3)cc2)nn1. The Morgan fingerprint density at radius 2 is 1.66 bits per heavy atom. The highest BCUT2D eigenvalue weighted by Gasteiger charge is 2.15. The molecule has 0 fully saturated rings. The number of methoxy groups -OCH3 is 1. The fourth-order valence-electron chi connectivity index (χ4n) is 2.58. The summed E-state index contributed by atoms with van der Waals surface area (Å²) in [4.78, 5) is 12.4. The number of nitrogens with one attached hydrogen (secondary N) is 1. The van der Waals surface area contributed by atoms with Crippen LogP contribution in [0.4, 0.5) is 5.69 Å². The van der Waals surface area contributed by atoms with Gasteiger partial charge < -0.3 is 19.5 Å². The van der Waals surface area contributed by atoms with Gasteiger partial charge in [0.05, 0.1) is 19.4 Å². The minimum absolute atomic E-state index is 0.241. The maximum Gasteiger partial charge on any atom is 0.265 e. The van der Waals surface area contributed by atoms with Crippen molar-refractivity contribution in [1.29, 1.82) is 0 Å². The van der Waals surface area contributed by atoms with Gasteiger partial charge in [-0.2, -0.15) is 0 Å². The summed E-state index contributed by atoms with van der Waals surface area (Å²) in [5.41, 5.74) is 2.28. The van der Waals surface area contributed by atoms with E-state index >= 15 is 0 Å². The molecule has 0 spiro atoms. The normalized spacial score (nSPS) is 11.4. The van der Waals surface area contributed by atoms with E-state index in [2.05, 4.69) is 15.5 Å². The van der Waals surface area contributed by atoms with Crippen LogP contribution in [0.3, 0.4) is 0 Å². The maximum atomic E-state index is 12.4. The molecule has 3 aromatic rings. The average molecular weight is 393 g/mol.